The quantitative estimate of drug-likeness (QED) is 0.202. The summed E-state index contributed by atoms with van der Waals surface area (Å²) in [7, 11) is -2.29. The highest BCUT2D eigenvalue weighted by Crippen LogP contribution is 2.38. The number of nitrogens with zero attached hydrogens (tertiary/aromatic N) is 4. The molecule has 0 saturated carbocycles. The molecule has 2 heterocycles. The van der Waals surface area contributed by atoms with E-state index in [9.17, 15) is 24.6 Å². The van der Waals surface area contributed by atoms with E-state index >= 15 is 0 Å². The van der Waals surface area contributed by atoms with Crippen LogP contribution in [-0.2, 0) is 4.43 Å². The number of hydrogen-bond donors (Lipinski definition) is 0. The van der Waals surface area contributed by atoms with Gasteiger partial charge in [-0.3, -0.25) is 10.1 Å². The second kappa shape index (κ2) is 10.00. The number of halogens is 1. The molecule has 35 heavy (non-hydrogen) atoms. The zero-order valence-corrected chi connectivity index (χ0v) is 21.1. The number of alkyl halides is 1. The van der Waals surface area contributed by atoms with Gasteiger partial charge >= 0.3 is 5.82 Å². The molecule has 1 atom stereocenters. The van der Waals surface area contributed by atoms with Crippen LogP contribution in [0.4, 0.5) is 15.9 Å². The number of benzene rings is 1. The Bertz CT molecular complexity index is 1260. The highest BCUT2D eigenvalue weighted by molar-refractivity contribution is 6.74. The topological polar surface area (TPSA) is 131 Å². The minimum absolute atomic E-state index is 0.0536. The molecule has 0 fully saturated rings. The van der Waals surface area contributed by atoms with E-state index in [4.69, 9.17) is 9.16 Å². The van der Waals surface area contributed by atoms with Crippen molar-refractivity contribution >= 4 is 30.7 Å². The molecule has 0 saturated heterocycles. The Balaban J connectivity index is 1.89. The standard InChI is InChI=1S/C23H27FN4O6Si/c1-23(2,3)35(4,5)34-18(12-24)14-33-21-11-16(13-25-22(21)28(31)32)20-8-6-15-10-17(27(29)30)7-9-19(15)26-20/h6-11,13,18H,12,14H2,1-5H3. The van der Waals surface area contributed by atoms with Crippen molar-refractivity contribution in [2.45, 2.75) is 45.0 Å². The van der Waals surface area contributed by atoms with Crippen molar-refractivity contribution in [1.82, 2.24) is 9.97 Å². The summed E-state index contributed by atoms with van der Waals surface area (Å²) in [6.07, 6.45) is 0.414. The van der Waals surface area contributed by atoms with Gasteiger partial charge in [0.1, 0.15) is 25.6 Å². The molecule has 2 aromatic heterocycles. The van der Waals surface area contributed by atoms with E-state index in [0.717, 1.165) is 0 Å². The van der Waals surface area contributed by atoms with Crippen LogP contribution in [-0.4, -0.2) is 47.5 Å². The fourth-order valence-electron chi connectivity index (χ4n) is 3.09. The van der Waals surface area contributed by atoms with Gasteiger partial charge in [-0.2, -0.15) is 0 Å². The maximum absolute atomic E-state index is 13.7. The molecule has 0 bridgehead atoms. The van der Waals surface area contributed by atoms with Gasteiger partial charge in [-0.1, -0.05) is 26.8 Å². The number of fused-ring (bicyclic) bond motifs is 1. The molecule has 1 aromatic carbocycles. The van der Waals surface area contributed by atoms with Gasteiger partial charge in [0.05, 0.1) is 16.1 Å². The first-order valence-electron chi connectivity index (χ1n) is 10.9. The van der Waals surface area contributed by atoms with Crippen LogP contribution in [0.15, 0.2) is 42.6 Å². The van der Waals surface area contributed by atoms with Crippen molar-refractivity contribution in [2.24, 2.45) is 0 Å². The Hall–Kier alpha value is -3.51. The molecule has 186 valence electrons. The van der Waals surface area contributed by atoms with E-state index in [0.29, 0.717) is 22.2 Å². The summed E-state index contributed by atoms with van der Waals surface area (Å²) in [6, 6.07) is 9.00. The van der Waals surface area contributed by atoms with Crippen LogP contribution in [0, 0.1) is 20.2 Å². The number of non-ortho nitro benzene ring substituents is 1. The third-order valence-electron chi connectivity index (χ3n) is 6.05. The fraction of sp³-hybridized carbons (Fsp3) is 0.391. The average molecular weight is 503 g/mol. The van der Waals surface area contributed by atoms with Gasteiger partial charge in [0.15, 0.2) is 8.32 Å². The molecule has 0 spiro atoms. The summed E-state index contributed by atoms with van der Waals surface area (Å²) in [5, 5.41) is 22.9. The maximum atomic E-state index is 13.7. The molecular weight excluding hydrogens is 475 g/mol. The van der Waals surface area contributed by atoms with Crippen molar-refractivity contribution in [3.63, 3.8) is 0 Å². The maximum Gasteiger partial charge on any atom is 0.406 e. The van der Waals surface area contributed by atoms with Gasteiger partial charge < -0.3 is 19.3 Å². The van der Waals surface area contributed by atoms with Crippen LogP contribution < -0.4 is 4.74 Å². The van der Waals surface area contributed by atoms with E-state index in [2.05, 4.69) is 9.97 Å². The van der Waals surface area contributed by atoms with Gasteiger partial charge in [0, 0.05) is 29.1 Å². The first-order chi connectivity index (χ1) is 16.3. The molecule has 3 rings (SSSR count). The third kappa shape index (κ3) is 5.95. The third-order valence-corrected chi connectivity index (χ3v) is 10.6. The van der Waals surface area contributed by atoms with Crippen LogP contribution in [0.1, 0.15) is 20.8 Å². The second-order valence-corrected chi connectivity index (χ2v) is 14.4. The van der Waals surface area contributed by atoms with Crippen LogP contribution in [0.25, 0.3) is 22.2 Å². The molecule has 0 aliphatic heterocycles. The van der Waals surface area contributed by atoms with E-state index in [1.807, 2.05) is 33.9 Å². The zero-order chi connectivity index (χ0) is 26.0. The van der Waals surface area contributed by atoms with Gasteiger partial charge in [-0.25, -0.2) is 9.37 Å². The van der Waals surface area contributed by atoms with Gasteiger partial charge in [-0.05, 0) is 40.2 Å². The SMILES string of the molecule is CC(C)(C)[Si](C)(C)OC(CF)COc1cc(-c2ccc3cc([N+](=O)[O-])ccc3n2)cnc1[N+](=O)[O-]. The van der Waals surface area contributed by atoms with Crippen molar-refractivity contribution in [3.05, 3.63) is 62.8 Å². The summed E-state index contributed by atoms with van der Waals surface area (Å²) in [4.78, 5) is 29.7. The lowest BCUT2D eigenvalue weighted by Crippen LogP contribution is -2.46. The lowest BCUT2D eigenvalue weighted by Gasteiger charge is -2.38. The smallest absolute Gasteiger partial charge is 0.406 e. The Labute approximate surface area is 202 Å². The Morgan fingerprint density at radius 2 is 1.80 bits per heavy atom. The van der Waals surface area contributed by atoms with E-state index < -0.39 is 36.8 Å². The summed E-state index contributed by atoms with van der Waals surface area (Å²) < 4.78 is 25.4. The van der Waals surface area contributed by atoms with Gasteiger partial charge in [0.2, 0.25) is 5.75 Å². The van der Waals surface area contributed by atoms with Crippen molar-refractivity contribution < 1.29 is 23.4 Å². The number of rotatable bonds is 9. The number of aromatic nitrogens is 2. The molecule has 0 aliphatic rings. The van der Waals surface area contributed by atoms with Crippen LogP contribution in [0.3, 0.4) is 0 Å². The van der Waals surface area contributed by atoms with E-state index in [1.54, 1.807) is 12.1 Å². The van der Waals surface area contributed by atoms with E-state index in [-0.39, 0.29) is 23.1 Å². The van der Waals surface area contributed by atoms with Crippen molar-refractivity contribution in [3.8, 4) is 17.0 Å². The predicted molar refractivity (Wildman–Crippen MR) is 132 cm³/mol. The average Bonchev–Trinajstić information content (AvgIpc) is 2.79. The highest BCUT2D eigenvalue weighted by atomic mass is 28.4. The summed E-state index contributed by atoms with van der Waals surface area (Å²) in [6.45, 7) is 9.04. The van der Waals surface area contributed by atoms with Crippen molar-refractivity contribution in [2.75, 3.05) is 13.3 Å². The Morgan fingerprint density at radius 1 is 1.09 bits per heavy atom. The van der Waals surface area contributed by atoms with Crippen LogP contribution >= 0.6 is 0 Å². The van der Waals surface area contributed by atoms with Crippen LogP contribution in [0.5, 0.6) is 5.75 Å². The highest BCUT2D eigenvalue weighted by Gasteiger charge is 2.39. The first kappa shape index (κ1) is 26.1. The lowest BCUT2D eigenvalue weighted by atomic mass is 10.1. The molecule has 0 radical (unpaired) electrons. The molecule has 0 amide bonds. The lowest BCUT2D eigenvalue weighted by molar-refractivity contribution is -0.390. The number of nitro groups is 2. The van der Waals surface area contributed by atoms with Crippen molar-refractivity contribution in [1.29, 1.82) is 0 Å². The number of hydrogen-bond acceptors (Lipinski definition) is 8. The minimum Gasteiger partial charge on any atom is -0.483 e. The second-order valence-electron chi connectivity index (χ2n) is 9.60. The Kier molecular flexibility index (Phi) is 7.46. The zero-order valence-electron chi connectivity index (χ0n) is 20.1. The fourth-order valence-corrected chi connectivity index (χ4v) is 4.41. The molecule has 0 aliphatic carbocycles. The van der Waals surface area contributed by atoms with Gasteiger partial charge in [0.25, 0.3) is 5.69 Å². The van der Waals surface area contributed by atoms with Crippen LogP contribution in [0.2, 0.25) is 18.1 Å². The normalized spacial score (nSPS) is 13.0. The van der Waals surface area contributed by atoms with E-state index in [1.165, 1.54) is 30.5 Å². The largest absolute Gasteiger partial charge is 0.483 e. The predicted octanol–water partition coefficient (Wildman–Crippen LogP) is 5.85. The summed E-state index contributed by atoms with van der Waals surface area (Å²) in [5.74, 6) is -0.634. The number of nitro benzene ring substituents is 1. The number of ether oxygens (including phenoxy) is 1. The monoisotopic (exact) mass is 502 g/mol. The van der Waals surface area contributed by atoms with Gasteiger partial charge in [-0.15, -0.1) is 0 Å². The molecule has 10 nitrogen and oxygen atoms in total. The molecule has 0 N–H and O–H groups in total. The molecule has 12 heteroatoms. The molecule has 3 aromatic rings. The Morgan fingerprint density at radius 3 is 2.40 bits per heavy atom. The minimum atomic E-state index is -2.29. The number of pyridine rings is 2. The molecule has 1 unspecified atom stereocenters. The first-order valence-corrected chi connectivity index (χ1v) is 13.8. The molecular formula is C23H27FN4O6Si. The summed E-state index contributed by atoms with van der Waals surface area (Å²) >= 11 is 0. The summed E-state index contributed by atoms with van der Waals surface area (Å²) in [5.41, 5.74) is 1.34.